The summed E-state index contributed by atoms with van der Waals surface area (Å²) >= 11 is 0. The Labute approximate surface area is 81.4 Å². The maximum atomic E-state index is 5.41. The Hall–Kier alpha value is -1.55. The first-order valence-electron chi connectivity index (χ1n) is 4.73. The SMILES string of the molecule is c1ncc(C2NCCc3occc32)[nH]1. The third-order valence-corrected chi connectivity index (χ3v) is 2.62. The average molecular weight is 189 g/mol. The predicted molar refractivity (Wildman–Crippen MR) is 50.8 cm³/mol. The first kappa shape index (κ1) is 7.82. The van der Waals surface area contributed by atoms with Gasteiger partial charge in [-0.1, -0.05) is 0 Å². The van der Waals surface area contributed by atoms with Gasteiger partial charge in [0.25, 0.3) is 0 Å². The molecule has 2 aromatic rings. The van der Waals surface area contributed by atoms with Crippen LogP contribution in [0.4, 0.5) is 0 Å². The van der Waals surface area contributed by atoms with Gasteiger partial charge >= 0.3 is 0 Å². The zero-order chi connectivity index (χ0) is 9.38. The van der Waals surface area contributed by atoms with Gasteiger partial charge in [-0.3, -0.25) is 0 Å². The number of rotatable bonds is 1. The highest BCUT2D eigenvalue weighted by atomic mass is 16.3. The van der Waals surface area contributed by atoms with E-state index in [0.717, 1.165) is 24.4 Å². The summed E-state index contributed by atoms with van der Waals surface area (Å²) in [5.41, 5.74) is 2.31. The van der Waals surface area contributed by atoms with Gasteiger partial charge in [-0.25, -0.2) is 4.98 Å². The number of aromatic amines is 1. The fourth-order valence-electron chi connectivity index (χ4n) is 1.95. The molecule has 2 N–H and O–H groups in total. The summed E-state index contributed by atoms with van der Waals surface area (Å²) in [6.07, 6.45) is 6.26. The normalized spacial score (nSPS) is 20.7. The van der Waals surface area contributed by atoms with Crippen LogP contribution in [0.3, 0.4) is 0 Å². The van der Waals surface area contributed by atoms with Crippen molar-refractivity contribution in [3.8, 4) is 0 Å². The van der Waals surface area contributed by atoms with Crippen molar-refractivity contribution < 1.29 is 4.42 Å². The molecule has 0 saturated carbocycles. The minimum atomic E-state index is 0.208. The molecule has 0 bridgehead atoms. The van der Waals surface area contributed by atoms with E-state index in [2.05, 4.69) is 15.3 Å². The Kier molecular flexibility index (Phi) is 1.67. The number of fused-ring (bicyclic) bond motifs is 1. The second-order valence-corrected chi connectivity index (χ2v) is 3.44. The summed E-state index contributed by atoms with van der Waals surface area (Å²) in [5.74, 6) is 1.09. The number of H-pyrrole nitrogens is 1. The fourth-order valence-corrected chi connectivity index (χ4v) is 1.95. The van der Waals surface area contributed by atoms with E-state index in [1.807, 2.05) is 12.3 Å². The van der Waals surface area contributed by atoms with Crippen LogP contribution in [0.5, 0.6) is 0 Å². The fraction of sp³-hybridized carbons (Fsp3) is 0.300. The molecular weight excluding hydrogens is 178 g/mol. The number of nitrogens with zero attached hydrogens (tertiary/aromatic N) is 1. The van der Waals surface area contributed by atoms with Crippen molar-refractivity contribution >= 4 is 0 Å². The lowest BCUT2D eigenvalue weighted by Gasteiger charge is -2.21. The summed E-state index contributed by atoms with van der Waals surface area (Å²) in [7, 11) is 0. The molecular formula is C10H11N3O. The van der Waals surface area contributed by atoms with Gasteiger partial charge in [0.05, 0.1) is 24.3 Å². The quantitative estimate of drug-likeness (QED) is 0.709. The summed E-state index contributed by atoms with van der Waals surface area (Å²) < 4.78 is 5.41. The monoisotopic (exact) mass is 189 g/mol. The Bertz CT molecular complexity index is 418. The molecule has 1 unspecified atom stereocenters. The summed E-state index contributed by atoms with van der Waals surface area (Å²) in [5, 5.41) is 3.43. The second-order valence-electron chi connectivity index (χ2n) is 3.44. The van der Waals surface area contributed by atoms with Crippen LogP contribution in [0.15, 0.2) is 29.3 Å². The highest BCUT2D eigenvalue weighted by Gasteiger charge is 2.24. The lowest BCUT2D eigenvalue weighted by molar-refractivity contribution is 0.453. The van der Waals surface area contributed by atoms with Crippen LogP contribution in [-0.2, 0) is 6.42 Å². The van der Waals surface area contributed by atoms with Gasteiger partial charge in [-0.2, -0.15) is 0 Å². The van der Waals surface area contributed by atoms with Gasteiger partial charge in [-0.05, 0) is 6.07 Å². The van der Waals surface area contributed by atoms with Crippen LogP contribution >= 0.6 is 0 Å². The predicted octanol–water partition coefficient (Wildman–Crippen LogP) is 1.24. The molecule has 0 aliphatic carbocycles. The zero-order valence-electron chi connectivity index (χ0n) is 7.66. The number of hydrogen-bond acceptors (Lipinski definition) is 3. The first-order valence-corrected chi connectivity index (χ1v) is 4.73. The summed E-state index contributed by atoms with van der Waals surface area (Å²) in [6.45, 7) is 0.949. The average Bonchev–Trinajstić information content (AvgIpc) is 2.88. The molecule has 0 fully saturated rings. The molecule has 1 atom stereocenters. The van der Waals surface area contributed by atoms with E-state index in [4.69, 9.17) is 4.42 Å². The number of furan rings is 1. The van der Waals surface area contributed by atoms with Gasteiger partial charge < -0.3 is 14.7 Å². The van der Waals surface area contributed by atoms with Crippen molar-refractivity contribution in [3.05, 3.63) is 41.9 Å². The van der Waals surface area contributed by atoms with Crippen LogP contribution in [0, 0.1) is 0 Å². The Morgan fingerprint density at radius 1 is 1.50 bits per heavy atom. The molecule has 4 heteroatoms. The Balaban J connectivity index is 2.04. The van der Waals surface area contributed by atoms with E-state index in [1.165, 1.54) is 5.56 Å². The molecule has 3 heterocycles. The molecule has 0 saturated heterocycles. The first-order chi connectivity index (χ1) is 6.95. The minimum absolute atomic E-state index is 0.208. The van der Waals surface area contributed by atoms with Gasteiger partial charge in [-0.15, -0.1) is 0 Å². The van der Waals surface area contributed by atoms with E-state index in [9.17, 15) is 0 Å². The van der Waals surface area contributed by atoms with Gasteiger partial charge in [0, 0.05) is 24.7 Å². The lowest BCUT2D eigenvalue weighted by Crippen LogP contribution is -2.29. The smallest absolute Gasteiger partial charge is 0.110 e. The van der Waals surface area contributed by atoms with Crippen molar-refractivity contribution in [2.45, 2.75) is 12.5 Å². The summed E-state index contributed by atoms with van der Waals surface area (Å²) in [4.78, 5) is 7.15. The van der Waals surface area contributed by atoms with Gasteiger partial charge in [0.2, 0.25) is 0 Å². The Morgan fingerprint density at radius 2 is 2.50 bits per heavy atom. The molecule has 14 heavy (non-hydrogen) atoms. The maximum absolute atomic E-state index is 5.41. The molecule has 0 amide bonds. The van der Waals surface area contributed by atoms with Crippen molar-refractivity contribution in [2.75, 3.05) is 6.54 Å². The van der Waals surface area contributed by atoms with Crippen molar-refractivity contribution in [2.24, 2.45) is 0 Å². The zero-order valence-corrected chi connectivity index (χ0v) is 7.66. The standard InChI is InChI=1S/C10H11N3O/c1-3-12-10(8-5-11-6-13-8)7-2-4-14-9(1)7/h2,4-6,10,12H,1,3H2,(H,11,13). The molecule has 72 valence electrons. The van der Waals surface area contributed by atoms with E-state index in [0.29, 0.717) is 0 Å². The molecule has 1 aliphatic rings. The van der Waals surface area contributed by atoms with Crippen molar-refractivity contribution in [3.63, 3.8) is 0 Å². The topological polar surface area (TPSA) is 53.9 Å². The molecule has 2 aromatic heterocycles. The van der Waals surface area contributed by atoms with E-state index < -0.39 is 0 Å². The van der Waals surface area contributed by atoms with Gasteiger partial charge in [0.15, 0.2) is 0 Å². The maximum Gasteiger partial charge on any atom is 0.110 e. The molecule has 4 nitrogen and oxygen atoms in total. The Morgan fingerprint density at radius 3 is 3.36 bits per heavy atom. The molecule has 1 aliphatic heterocycles. The summed E-state index contributed by atoms with van der Waals surface area (Å²) in [6, 6.07) is 2.23. The minimum Gasteiger partial charge on any atom is -0.469 e. The van der Waals surface area contributed by atoms with Gasteiger partial charge in [0.1, 0.15) is 5.76 Å². The van der Waals surface area contributed by atoms with Crippen molar-refractivity contribution in [1.29, 1.82) is 0 Å². The second kappa shape index (κ2) is 2.99. The van der Waals surface area contributed by atoms with Crippen LogP contribution in [0.2, 0.25) is 0 Å². The highest BCUT2D eigenvalue weighted by Crippen LogP contribution is 2.27. The molecule has 0 spiro atoms. The third-order valence-electron chi connectivity index (χ3n) is 2.62. The van der Waals surface area contributed by atoms with E-state index in [-0.39, 0.29) is 6.04 Å². The largest absolute Gasteiger partial charge is 0.469 e. The number of hydrogen-bond donors (Lipinski definition) is 2. The van der Waals surface area contributed by atoms with Crippen LogP contribution in [0.25, 0.3) is 0 Å². The molecule has 0 radical (unpaired) electrons. The number of imidazole rings is 1. The van der Waals surface area contributed by atoms with E-state index >= 15 is 0 Å². The highest BCUT2D eigenvalue weighted by molar-refractivity contribution is 5.30. The van der Waals surface area contributed by atoms with Crippen LogP contribution in [-0.4, -0.2) is 16.5 Å². The number of nitrogens with one attached hydrogen (secondary N) is 2. The van der Waals surface area contributed by atoms with Crippen LogP contribution in [0.1, 0.15) is 23.1 Å². The van der Waals surface area contributed by atoms with Crippen LogP contribution < -0.4 is 5.32 Å². The van der Waals surface area contributed by atoms with Crippen molar-refractivity contribution in [1.82, 2.24) is 15.3 Å². The molecule has 3 rings (SSSR count). The molecule has 0 aromatic carbocycles. The number of aromatic nitrogens is 2. The lowest BCUT2D eigenvalue weighted by atomic mass is 10.00. The van der Waals surface area contributed by atoms with E-state index in [1.54, 1.807) is 12.6 Å². The third kappa shape index (κ3) is 1.08.